The molecule has 1 heterocycles. The first kappa shape index (κ1) is 22.4. The Bertz CT molecular complexity index is 848. The summed E-state index contributed by atoms with van der Waals surface area (Å²) in [5.41, 5.74) is 1.10. The van der Waals surface area contributed by atoms with Gasteiger partial charge >= 0.3 is 0 Å². The van der Waals surface area contributed by atoms with Gasteiger partial charge in [0.1, 0.15) is 5.75 Å². The molecular formula is C23H26Cl2N2O3. The molecule has 1 aliphatic heterocycles. The van der Waals surface area contributed by atoms with Crippen LogP contribution in [0.25, 0.3) is 0 Å². The highest BCUT2D eigenvalue weighted by Crippen LogP contribution is 2.18. The van der Waals surface area contributed by atoms with Crippen LogP contribution in [0, 0.1) is 0 Å². The highest BCUT2D eigenvalue weighted by atomic mass is 35.5. The minimum absolute atomic E-state index is 0.0501. The van der Waals surface area contributed by atoms with E-state index in [4.69, 9.17) is 27.9 Å². The van der Waals surface area contributed by atoms with Gasteiger partial charge in [0.15, 0.2) is 6.10 Å². The number of rotatable bonds is 7. The van der Waals surface area contributed by atoms with E-state index in [1.807, 2.05) is 29.2 Å². The lowest BCUT2D eigenvalue weighted by Crippen LogP contribution is -2.49. The molecule has 3 rings (SSSR count). The Balaban J connectivity index is 1.38. The number of ether oxygens (including phenoxy) is 1. The van der Waals surface area contributed by atoms with Crippen LogP contribution < -0.4 is 10.1 Å². The first-order valence-electron chi connectivity index (χ1n) is 10.2. The van der Waals surface area contributed by atoms with E-state index in [1.54, 1.807) is 31.2 Å². The SMILES string of the molecule is CC(Oc1ccc(Cl)cc1)C(=O)NC1CCN(C(=O)CCc2ccc(Cl)cc2)CC1. The zero-order chi connectivity index (χ0) is 21.5. The molecule has 1 unspecified atom stereocenters. The number of aryl methyl sites for hydroxylation is 1. The molecule has 2 aromatic carbocycles. The number of benzene rings is 2. The van der Waals surface area contributed by atoms with Gasteiger partial charge in [-0.1, -0.05) is 35.3 Å². The quantitative estimate of drug-likeness (QED) is 0.677. The normalized spacial score (nSPS) is 15.5. The van der Waals surface area contributed by atoms with E-state index in [0.29, 0.717) is 41.7 Å². The molecule has 7 heteroatoms. The third kappa shape index (κ3) is 6.64. The first-order chi connectivity index (χ1) is 14.4. The number of carbonyl (C=O) groups is 2. The maximum atomic E-state index is 12.5. The van der Waals surface area contributed by atoms with Crippen molar-refractivity contribution in [2.24, 2.45) is 0 Å². The highest BCUT2D eigenvalue weighted by Gasteiger charge is 2.25. The third-order valence-corrected chi connectivity index (χ3v) is 5.73. The van der Waals surface area contributed by atoms with Crippen molar-refractivity contribution in [3.63, 3.8) is 0 Å². The maximum Gasteiger partial charge on any atom is 0.260 e. The number of likely N-dealkylation sites (tertiary alicyclic amines) is 1. The Morgan fingerprint density at radius 3 is 2.20 bits per heavy atom. The van der Waals surface area contributed by atoms with Crippen LogP contribution in [0.2, 0.25) is 10.0 Å². The van der Waals surface area contributed by atoms with Crippen molar-refractivity contribution < 1.29 is 14.3 Å². The van der Waals surface area contributed by atoms with Crippen molar-refractivity contribution in [1.29, 1.82) is 0 Å². The van der Waals surface area contributed by atoms with Gasteiger partial charge in [-0.05, 0) is 68.1 Å². The van der Waals surface area contributed by atoms with Crippen molar-refractivity contribution in [3.05, 3.63) is 64.1 Å². The van der Waals surface area contributed by atoms with Crippen molar-refractivity contribution in [2.45, 2.75) is 44.8 Å². The lowest BCUT2D eigenvalue weighted by molar-refractivity contribution is -0.132. The highest BCUT2D eigenvalue weighted by molar-refractivity contribution is 6.30. The molecule has 5 nitrogen and oxygen atoms in total. The predicted molar refractivity (Wildman–Crippen MR) is 119 cm³/mol. The maximum absolute atomic E-state index is 12.5. The Morgan fingerprint density at radius 1 is 1.03 bits per heavy atom. The van der Waals surface area contributed by atoms with Crippen LogP contribution in [0.15, 0.2) is 48.5 Å². The van der Waals surface area contributed by atoms with E-state index in [9.17, 15) is 9.59 Å². The molecule has 1 fully saturated rings. The average molecular weight is 449 g/mol. The molecule has 1 aliphatic rings. The van der Waals surface area contributed by atoms with Gasteiger partial charge in [0, 0.05) is 35.6 Å². The van der Waals surface area contributed by atoms with E-state index in [2.05, 4.69) is 5.32 Å². The smallest absolute Gasteiger partial charge is 0.260 e. The van der Waals surface area contributed by atoms with E-state index in [0.717, 1.165) is 18.4 Å². The molecular weight excluding hydrogens is 423 g/mol. The van der Waals surface area contributed by atoms with Gasteiger partial charge in [0.2, 0.25) is 5.91 Å². The number of hydrogen-bond donors (Lipinski definition) is 1. The summed E-state index contributed by atoms with van der Waals surface area (Å²) in [4.78, 5) is 26.8. The zero-order valence-electron chi connectivity index (χ0n) is 16.9. The molecule has 0 radical (unpaired) electrons. The standard InChI is InChI=1S/C23H26Cl2N2O3/c1-16(30-21-9-7-19(25)8-10-21)23(29)26-20-12-14-27(15-13-20)22(28)11-4-17-2-5-18(24)6-3-17/h2-3,5-10,16,20H,4,11-15H2,1H3,(H,26,29). The molecule has 0 aromatic heterocycles. The van der Waals surface area contributed by atoms with Crippen LogP contribution in [0.5, 0.6) is 5.75 Å². The Hall–Kier alpha value is -2.24. The fourth-order valence-corrected chi connectivity index (χ4v) is 3.68. The van der Waals surface area contributed by atoms with E-state index >= 15 is 0 Å². The minimum Gasteiger partial charge on any atom is -0.481 e. The fraction of sp³-hybridized carbons (Fsp3) is 0.391. The number of halogens is 2. The molecule has 2 amide bonds. The molecule has 0 spiro atoms. The average Bonchev–Trinajstić information content (AvgIpc) is 2.75. The minimum atomic E-state index is -0.606. The second kappa shape index (κ2) is 10.7. The van der Waals surface area contributed by atoms with Crippen LogP contribution in [0.1, 0.15) is 31.7 Å². The summed E-state index contributed by atoms with van der Waals surface area (Å²) in [6.45, 7) is 3.02. The molecule has 2 aromatic rings. The van der Waals surface area contributed by atoms with Crippen molar-refractivity contribution in [3.8, 4) is 5.75 Å². The fourth-order valence-electron chi connectivity index (χ4n) is 3.42. The van der Waals surface area contributed by atoms with Crippen LogP contribution in [-0.4, -0.2) is 41.9 Å². The van der Waals surface area contributed by atoms with Crippen LogP contribution in [0.3, 0.4) is 0 Å². The summed E-state index contributed by atoms with van der Waals surface area (Å²) in [5.74, 6) is 0.592. The largest absolute Gasteiger partial charge is 0.481 e. The first-order valence-corrected chi connectivity index (χ1v) is 10.9. The summed E-state index contributed by atoms with van der Waals surface area (Å²) in [5, 5.41) is 4.35. The summed E-state index contributed by atoms with van der Waals surface area (Å²) >= 11 is 11.8. The van der Waals surface area contributed by atoms with Gasteiger partial charge in [-0.15, -0.1) is 0 Å². The van der Waals surface area contributed by atoms with Crippen molar-refractivity contribution in [2.75, 3.05) is 13.1 Å². The van der Waals surface area contributed by atoms with Gasteiger partial charge in [-0.25, -0.2) is 0 Å². The predicted octanol–water partition coefficient (Wildman–Crippen LogP) is 4.50. The van der Waals surface area contributed by atoms with Crippen LogP contribution in [0.4, 0.5) is 0 Å². The summed E-state index contributed by atoms with van der Waals surface area (Å²) in [6.07, 6.45) is 2.06. The number of nitrogens with zero attached hydrogens (tertiary/aromatic N) is 1. The molecule has 1 N–H and O–H groups in total. The molecule has 30 heavy (non-hydrogen) atoms. The van der Waals surface area contributed by atoms with Gasteiger partial charge in [0.05, 0.1) is 0 Å². The molecule has 160 valence electrons. The molecule has 0 aliphatic carbocycles. The third-order valence-electron chi connectivity index (χ3n) is 5.23. The second-order valence-electron chi connectivity index (χ2n) is 7.50. The number of nitrogens with one attached hydrogen (secondary N) is 1. The number of hydrogen-bond acceptors (Lipinski definition) is 3. The topological polar surface area (TPSA) is 58.6 Å². The van der Waals surface area contributed by atoms with Crippen LogP contribution >= 0.6 is 23.2 Å². The summed E-state index contributed by atoms with van der Waals surface area (Å²) in [6, 6.07) is 14.5. The molecule has 0 bridgehead atoms. The molecule has 1 saturated heterocycles. The van der Waals surface area contributed by atoms with Gasteiger partial charge < -0.3 is 15.0 Å². The van der Waals surface area contributed by atoms with E-state index < -0.39 is 6.10 Å². The van der Waals surface area contributed by atoms with E-state index in [1.165, 1.54) is 0 Å². The van der Waals surface area contributed by atoms with Crippen molar-refractivity contribution in [1.82, 2.24) is 10.2 Å². The monoisotopic (exact) mass is 448 g/mol. The van der Waals surface area contributed by atoms with Crippen LogP contribution in [-0.2, 0) is 16.0 Å². The lowest BCUT2D eigenvalue weighted by atomic mass is 10.0. The van der Waals surface area contributed by atoms with E-state index in [-0.39, 0.29) is 17.9 Å². The summed E-state index contributed by atoms with van der Waals surface area (Å²) in [7, 11) is 0. The Kier molecular flexibility index (Phi) is 8.00. The molecule has 0 saturated carbocycles. The van der Waals surface area contributed by atoms with Gasteiger partial charge in [-0.3, -0.25) is 9.59 Å². The van der Waals surface area contributed by atoms with Gasteiger partial charge in [-0.2, -0.15) is 0 Å². The second-order valence-corrected chi connectivity index (χ2v) is 8.38. The molecule has 1 atom stereocenters. The number of piperidine rings is 1. The summed E-state index contributed by atoms with van der Waals surface area (Å²) < 4.78 is 5.67. The lowest BCUT2D eigenvalue weighted by Gasteiger charge is -2.33. The Labute approximate surface area is 187 Å². The van der Waals surface area contributed by atoms with Crippen molar-refractivity contribution >= 4 is 35.0 Å². The Morgan fingerprint density at radius 2 is 1.60 bits per heavy atom. The number of carbonyl (C=O) groups excluding carboxylic acids is 2. The number of amides is 2. The van der Waals surface area contributed by atoms with Gasteiger partial charge in [0.25, 0.3) is 5.91 Å². The zero-order valence-corrected chi connectivity index (χ0v) is 18.5.